The molecule has 0 aromatic rings. The second-order valence-corrected chi connectivity index (χ2v) is 7.51. The van der Waals surface area contributed by atoms with Crippen molar-refractivity contribution in [1.82, 2.24) is 0 Å². The lowest BCUT2D eigenvalue weighted by molar-refractivity contribution is -0.148. The van der Waals surface area contributed by atoms with E-state index in [0.29, 0.717) is 6.42 Å². The predicted molar refractivity (Wildman–Crippen MR) is 107 cm³/mol. The van der Waals surface area contributed by atoms with Crippen LogP contribution in [0.25, 0.3) is 0 Å². The van der Waals surface area contributed by atoms with Crippen molar-refractivity contribution in [3.8, 4) is 0 Å². The maximum atomic E-state index is 11.5. The molecular formula is C22H42O4. The molecule has 0 aromatic carbocycles. The van der Waals surface area contributed by atoms with E-state index in [-0.39, 0.29) is 18.4 Å². The van der Waals surface area contributed by atoms with Crippen molar-refractivity contribution in [3.63, 3.8) is 0 Å². The van der Waals surface area contributed by atoms with Crippen molar-refractivity contribution < 1.29 is 19.4 Å². The van der Waals surface area contributed by atoms with E-state index in [9.17, 15) is 14.7 Å². The van der Waals surface area contributed by atoms with E-state index in [1.165, 1.54) is 90.4 Å². The molecule has 0 radical (unpaired) electrons. The average Bonchev–Trinajstić information content (AvgIpc) is 2.62. The molecule has 0 bridgehead atoms. The number of aliphatic hydroxyl groups excluding tert-OH is 1. The Hall–Kier alpha value is -0.900. The van der Waals surface area contributed by atoms with Gasteiger partial charge in [0.1, 0.15) is 12.7 Å². The number of carbonyl (C=O) groups is 2. The molecule has 0 saturated heterocycles. The fourth-order valence-corrected chi connectivity index (χ4v) is 3.00. The van der Waals surface area contributed by atoms with Crippen molar-refractivity contribution in [2.75, 3.05) is 6.61 Å². The van der Waals surface area contributed by atoms with Gasteiger partial charge in [0, 0.05) is 6.42 Å². The van der Waals surface area contributed by atoms with Gasteiger partial charge in [-0.15, -0.1) is 0 Å². The Morgan fingerprint density at radius 1 is 0.731 bits per heavy atom. The van der Waals surface area contributed by atoms with Gasteiger partial charge >= 0.3 is 5.97 Å². The molecule has 0 spiro atoms. The smallest absolute Gasteiger partial charge is 0.305 e. The number of carbonyl (C=O) groups excluding carboxylic acids is 2. The summed E-state index contributed by atoms with van der Waals surface area (Å²) in [5.41, 5.74) is 0. The molecule has 1 atom stereocenters. The Bertz CT molecular complexity index is 341. The molecule has 1 unspecified atom stereocenters. The van der Waals surface area contributed by atoms with Crippen molar-refractivity contribution >= 4 is 11.8 Å². The van der Waals surface area contributed by atoms with Gasteiger partial charge in [-0.3, -0.25) is 9.59 Å². The number of rotatable bonds is 19. The maximum Gasteiger partial charge on any atom is 0.305 e. The zero-order valence-electron chi connectivity index (χ0n) is 17.3. The molecule has 0 aromatic heterocycles. The number of Topliss-reactive ketones (excluding diaryl/α,β-unsaturated/α-hetero) is 1. The zero-order chi connectivity index (χ0) is 19.5. The minimum Gasteiger partial charge on any atom is -0.462 e. The lowest BCUT2D eigenvalue weighted by atomic mass is 10.0. The van der Waals surface area contributed by atoms with Gasteiger partial charge in [-0.1, -0.05) is 96.8 Å². The highest BCUT2D eigenvalue weighted by Gasteiger charge is 2.12. The Kier molecular flexibility index (Phi) is 18.2. The second-order valence-electron chi connectivity index (χ2n) is 7.51. The number of ketones is 1. The minimum absolute atomic E-state index is 0.215. The zero-order valence-corrected chi connectivity index (χ0v) is 17.3. The van der Waals surface area contributed by atoms with Crippen molar-refractivity contribution in [3.05, 3.63) is 0 Å². The summed E-state index contributed by atoms with van der Waals surface area (Å²) in [5.74, 6) is -0.690. The van der Waals surface area contributed by atoms with Gasteiger partial charge in [0.2, 0.25) is 0 Å². The first-order valence-corrected chi connectivity index (χ1v) is 10.9. The van der Waals surface area contributed by atoms with Crippen molar-refractivity contribution in [1.29, 1.82) is 0 Å². The van der Waals surface area contributed by atoms with Gasteiger partial charge in [-0.05, 0) is 13.3 Å². The van der Waals surface area contributed by atoms with Gasteiger partial charge in [0.05, 0.1) is 0 Å². The Labute approximate surface area is 161 Å². The maximum absolute atomic E-state index is 11.5. The molecule has 0 aliphatic rings. The number of hydrogen-bond donors (Lipinski definition) is 1. The molecule has 0 rings (SSSR count). The average molecular weight is 371 g/mol. The third-order valence-electron chi connectivity index (χ3n) is 4.86. The lowest BCUT2D eigenvalue weighted by Crippen LogP contribution is -2.25. The molecule has 26 heavy (non-hydrogen) atoms. The van der Waals surface area contributed by atoms with Gasteiger partial charge in [-0.2, -0.15) is 0 Å². The van der Waals surface area contributed by atoms with Crippen LogP contribution in [0.5, 0.6) is 0 Å². The normalized spacial score (nSPS) is 12.1. The fourth-order valence-electron chi connectivity index (χ4n) is 3.00. The molecule has 0 fully saturated rings. The number of aliphatic hydroxyl groups is 1. The summed E-state index contributed by atoms with van der Waals surface area (Å²) in [6, 6.07) is 0. The first-order chi connectivity index (χ1) is 12.6. The number of hydrogen-bond acceptors (Lipinski definition) is 4. The van der Waals surface area contributed by atoms with Gasteiger partial charge < -0.3 is 9.84 Å². The highest BCUT2D eigenvalue weighted by Crippen LogP contribution is 2.13. The Balaban J connectivity index is 3.19. The first-order valence-electron chi connectivity index (χ1n) is 10.9. The monoisotopic (exact) mass is 370 g/mol. The Morgan fingerprint density at radius 3 is 1.50 bits per heavy atom. The van der Waals surface area contributed by atoms with Crippen LogP contribution in [0.2, 0.25) is 0 Å². The van der Waals surface area contributed by atoms with E-state index in [2.05, 4.69) is 6.92 Å². The molecule has 1 N–H and O–H groups in total. The largest absolute Gasteiger partial charge is 0.462 e. The summed E-state index contributed by atoms with van der Waals surface area (Å²) in [5, 5.41) is 9.25. The van der Waals surface area contributed by atoms with E-state index in [1.807, 2.05) is 0 Å². The predicted octanol–water partition coefficient (Wildman–Crippen LogP) is 5.74. The quantitative estimate of drug-likeness (QED) is 0.232. The van der Waals surface area contributed by atoms with Crippen LogP contribution in [0.3, 0.4) is 0 Å². The molecule has 154 valence electrons. The van der Waals surface area contributed by atoms with E-state index < -0.39 is 6.10 Å². The summed E-state index contributed by atoms with van der Waals surface area (Å²) >= 11 is 0. The van der Waals surface area contributed by atoms with E-state index in [1.54, 1.807) is 0 Å². The molecule has 0 amide bonds. The van der Waals surface area contributed by atoms with E-state index >= 15 is 0 Å². The van der Waals surface area contributed by atoms with Crippen molar-refractivity contribution in [2.24, 2.45) is 0 Å². The topological polar surface area (TPSA) is 63.6 Å². The van der Waals surface area contributed by atoms with E-state index in [4.69, 9.17) is 4.74 Å². The molecule has 0 heterocycles. The summed E-state index contributed by atoms with van der Waals surface area (Å²) in [6.45, 7) is 3.33. The SMILES string of the molecule is CCCCCCCCCCCCCCCCCC(=O)OCC(O)C(C)=O. The third kappa shape index (κ3) is 17.9. The van der Waals surface area contributed by atoms with E-state index in [0.717, 1.165) is 12.8 Å². The highest BCUT2D eigenvalue weighted by atomic mass is 16.5. The fraction of sp³-hybridized carbons (Fsp3) is 0.909. The van der Waals surface area contributed by atoms with Gasteiger partial charge in [-0.25, -0.2) is 0 Å². The lowest BCUT2D eigenvalue weighted by Gasteiger charge is -2.08. The minimum atomic E-state index is -1.18. The van der Waals surface area contributed by atoms with Crippen LogP contribution in [0.15, 0.2) is 0 Å². The molecule has 4 nitrogen and oxygen atoms in total. The van der Waals surface area contributed by atoms with Crippen LogP contribution in [0.1, 0.15) is 117 Å². The van der Waals surface area contributed by atoms with Crippen LogP contribution in [-0.4, -0.2) is 29.6 Å². The summed E-state index contributed by atoms with van der Waals surface area (Å²) in [6.07, 6.45) is 18.6. The van der Waals surface area contributed by atoms with Gasteiger partial charge in [0.15, 0.2) is 5.78 Å². The molecule has 0 aliphatic heterocycles. The first kappa shape index (κ1) is 25.1. The second kappa shape index (κ2) is 18.9. The number of ether oxygens (including phenoxy) is 1. The van der Waals surface area contributed by atoms with Crippen LogP contribution >= 0.6 is 0 Å². The summed E-state index contributed by atoms with van der Waals surface area (Å²) in [4.78, 5) is 22.3. The number of esters is 1. The molecule has 4 heteroatoms. The van der Waals surface area contributed by atoms with Crippen LogP contribution in [-0.2, 0) is 14.3 Å². The summed E-state index contributed by atoms with van der Waals surface area (Å²) < 4.78 is 4.87. The standard InChI is InChI=1S/C22H42O4/c1-3-4-5-6-7-8-9-10-11-12-13-14-15-16-17-18-22(25)26-19-21(24)20(2)23/h21,24H,3-19H2,1-2H3. The number of unbranched alkanes of at least 4 members (excludes halogenated alkanes) is 14. The van der Waals surface area contributed by atoms with Gasteiger partial charge in [0.25, 0.3) is 0 Å². The highest BCUT2D eigenvalue weighted by molar-refractivity contribution is 5.80. The molecule has 0 saturated carbocycles. The summed E-state index contributed by atoms with van der Waals surface area (Å²) in [7, 11) is 0. The van der Waals surface area contributed by atoms with Crippen LogP contribution in [0, 0.1) is 0 Å². The molecule has 0 aliphatic carbocycles. The van der Waals surface area contributed by atoms with Crippen LogP contribution < -0.4 is 0 Å². The Morgan fingerprint density at radius 2 is 1.12 bits per heavy atom. The van der Waals surface area contributed by atoms with Crippen LogP contribution in [0.4, 0.5) is 0 Å². The van der Waals surface area contributed by atoms with Crippen molar-refractivity contribution in [2.45, 2.75) is 123 Å². The molecular weight excluding hydrogens is 328 g/mol. The third-order valence-corrected chi connectivity index (χ3v) is 4.86.